The van der Waals surface area contributed by atoms with Gasteiger partial charge in [-0.25, -0.2) is 5.43 Å². The quantitative estimate of drug-likeness (QED) is 0.650. The first-order chi connectivity index (χ1) is 9.62. The molecule has 0 saturated carbocycles. The van der Waals surface area contributed by atoms with Gasteiger partial charge in [-0.3, -0.25) is 5.84 Å². The van der Waals surface area contributed by atoms with Gasteiger partial charge in [-0.2, -0.15) is 0 Å². The van der Waals surface area contributed by atoms with E-state index in [1.54, 1.807) is 13.4 Å². The number of nitrogens with one attached hydrogen (secondary N) is 1. The Balaban J connectivity index is 2.50. The van der Waals surface area contributed by atoms with Crippen LogP contribution in [0.4, 0.5) is 0 Å². The fourth-order valence-electron chi connectivity index (χ4n) is 2.59. The van der Waals surface area contributed by atoms with E-state index < -0.39 is 0 Å². The number of benzene rings is 1. The molecule has 0 bridgehead atoms. The maximum Gasteiger partial charge on any atom is 0.122 e. The first-order valence-corrected chi connectivity index (χ1v) is 6.79. The fourth-order valence-corrected chi connectivity index (χ4v) is 2.59. The van der Waals surface area contributed by atoms with Crippen molar-refractivity contribution in [2.24, 2.45) is 5.84 Å². The van der Waals surface area contributed by atoms with Crippen molar-refractivity contribution in [3.63, 3.8) is 0 Å². The third-order valence-corrected chi connectivity index (χ3v) is 3.67. The third kappa shape index (κ3) is 2.57. The molecule has 0 saturated heterocycles. The molecule has 1 atom stereocenters. The second kappa shape index (κ2) is 6.11. The highest BCUT2D eigenvalue weighted by Gasteiger charge is 2.20. The summed E-state index contributed by atoms with van der Waals surface area (Å²) in [5, 5.41) is 0. The number of furan rings is 1. The molecule has 0 amide bonds. The molecule has 3 N–H and O–H groups in total. The number of hydrogen-bond acceptors (Lipinski definition) is 4. The number of rotatable bonds is 5. The van der Waals surface area contributed by atoms with Crippen LogP contribution in [0.5, 0.6) is 5.75 Å². The van der Waals surface area contributed by atoms with E-state index in [0.29, 0.717) is 0 Å². The van der Waals surface area contributed by atoms with E-state index in [1.165, 1.54) is 0 Å². The molecule has 20 heavy (non-hydrogen) atoms. The van der Waals surface area contributed by atoms with Crippen LogP contribution in [-0.4, -0.2) is 7.11 Å². The van der Waals surface area contributed by atoms with Crippen molar-refractivity contribution < 1.29 is 9.15 Å². The van der Waals surface area contributed by atoms with Crippen molar-refractivity contribution >= 4 is 0 Å². The van der Waals surface area contributed by atoms with Crippen LogP contribution in [0.3, 0.4) is 0 Å². The smallest absolute Gasteiger partial charge is 0.122 e. The van der Waals surface area contributed by atoms with Gasteiger partial charge in [-0.15, -0.1) is 0 Å². The third-order valence-electron chi connectivity index (χ3n) is 3.67. The number of hydrogen-bond donors (Lipinski definition) is 2. The maximum absolute atomic E-state index is 5.79. The molecule has 0 aliphatic rings. The molecule has 0 aliphatic heterocycles. The Morgan fingerprint density at radius 1 is 1.25 bits per heavy atom. The van der Waals surface area contributed by atoms with Crippen LogP contribution in [-0.2, 0) is 6.42 Å². The van der Waals surface area contributed by atoms with Crippen LogP contribution < -0.4 is 16.0 Å². The summed E-state index contributed by atoms with van der Waals surface area (Å²) in [5.41, 5.74) is 7.36. The monoisotopic (exact) mass is 274 g/mol. The zero-order valence-electron chi connectivity index (χ0n) is 12.5. The normalized spacial score (nSPS) is 12.4. The van der Waals surface area contributed by atoms with Crippen molar-refractivity contribution in [2.75, 3.05) is 7.11 Å². The Morgan fingerprint density at radius 3 is 2.60 bits per heavy atom. The van der Waals surface area contributed by atoms with Crippen molar-refractivity contribution in [1.29, 1.82) is 0 Å². The van der Waals surface area contributed by atoms with Gasteiger partial charge in [0.2, 0.25) is 0 Å². The van der Waals surface area contributed by atoms with Crippen LogP contribution in [0.1, 0.15) is 41.0 Å². The average molecular weight is 274 g/mol. The van der Waals surface area contributed by atoms with Gasteiger partial charge in [-0.05, 0) is 42.7 Å². The maximum atomic E-state index is 5.79. The van der Waals surface area contributed by atoms with Crippen LogP contribution in [0, 0.1) is 13.8 Å². The first kappa shape index (κ1) is 14.6. The molecule has 1 unspecified atom stereocenters. The number of methoxy groups -OCH3 is 1. The summed E-state index contributed by atoms with van der Waals surface area (Å²) >= 11 is 0. The topological polar surface area (TPSA) is 60.4 Å². The molecule has 4 heteroatoms. The Hall–Kier alpha value is -1.78. The van der Waals surface area contributed by atoms with Crippen molar-refractivity contribution in [2.45, 2.75) is 33.2 Å². The van der Waals surface area contributed by atoms with Gasteiger partial charge >= 0.3 is 0 Å². The minimum Gasteiger partial charge on any atom is -0.496 e. The predicted molar refractivity (Wildman–Crippen MR) is 79.7 cm³/mol. The second-order valence-corrected chi connectivity index (χ2v) is 4.93. The van der Waals surface area contributed by atoms with Crippen LogP contribution in [0.2, 0.25) is 0 Å². The van der Waals surface area contributed by atoms with Gasteiger partial charge in [0.15, 0.2) is 0 Å². The molecule has 108 valence electrons. The fraction of sp³-hybridized carbons (Fsp3) is 0.375. The highest BCUT2D eigenvalue weighted by Crippen LogP contribution is 2.31. The Morgan fingerprint density at radius 2 is 2.00 bits per heavy atom. The number of nitrogens with two attached hydrogens (primary N) is 1. The molecule has 1 heterocycles. The lowest BCUT2D eigenvalue weighted by molar-refractivity contribution is 0.411. The average Bonchev–Trinajstić information content (AvgIpc) is 2.91. The van der Waals surface area contributed by atoms with E-state index in [0.717, 1.165) is 40.2 Å². The van der Waals surface area contributed by atoms with Gasteiger partial charge in [0.25, 0.3) is 0 Å². The molecule has 0 radical (unpaired) electrons. The van der Waals surface area contributed by atoms with E-state index in [-0.39, 0.29) is 6.04 Å². The van der Waals surface area contributed by atoms with Crippen LogP contribution in [0.15, 0.2) is 28.9 Å². The van der Waals surface area contributed by atoms with E-state index in [2.05, 4.69) is 25.3 Å². The van der Waals surface area contributed by atoms with Gasteiger partial charge in [0, 0.05) is 12.0 Å². The first-order valence-electron chi connectivity index (χ1n) is 6.79. The van der Waals surface area contributed by atoms with Gasteiger partial charge in [0.05, 0.1) is 19.4 Å². The molecule has 0 fully saturated rings. The molecule has 2 aromatic rings. The summed E-state index contributed by atoms with van der Waals surface area (Å²) in [6.45, 7) is 6.17. The van der Waals surface area contributed by atoms with E-state index in [9.17, 15) is 0 Å². The summed E-state index contributed by atoms with van der Waals surface area (Å²) in [5.74, 6) is 7.64. The predicted octanol–water partition coefficient (Wildman–Crippen LogP) is 3.02. The Kier molecular flexibility index (Phi) is 4.47. The second-order valence-electron chi connectivity index (χ2n) is 4.93. The van der Waals surface area contributed by atoms with Crippen molar-refractivity contribution in [1.82, 2.24) is 5.43 Å². The molecule has 4 nitrogen and oxygen atoms in total. The largest absolute Gasteiger partial charge is 0.496 e. The van der Waals surface area contributed by atoms with Crippen LogP contribution >= 0.6 is 0 Å². The molecular weight excluding hydrogens is 252 g/mol. The summed E-state index contributed by atoms with van der Waals surface area (Å²) in [6, 6.07) is 6.06. The number of ether oxygens (including phenoxy) is 1. The van der Waals surface area contributed by atoms with Crippen LogP contribution in [0.25, 0.3) is 0 Å². The van der Waals surface area contributed by atoms with E-state index in [4.69, 9.17) is 15.0 Å². The lowest BCUT2D eigenvalue weighted by Crippen LogP contribution is -2.29. The Labute approximate surface area is 119 Å². The SMILES string of the molecule is CCc1occc1C(NN)c1cc(C)c(OC)cc1C. The summed E-state index contributed by atoms with van der Waals surface area (Å²) in [7, 11) is 1.69. The molecule has 0 aliphatic carbocycles. The van der Waals surface area contributed by atoms with Gasteiger partial charge in [0.1, 0.15) is 11.5 Å². The molecule has 1 aromatic carbocycles. The molecule has 2 rings (SSSR count). The standard InChI is InChI=1S/C16H22N2O2/c1-5-14-12(6-7-20-14)16(18-17)13-8-11(3)15(19-4)9-10(13)2/h6-9,16,18H,5,17H2,1-4H3. The van der Waals surface area contributed by atoms with E-state index >= 15 is 0 Å². The zero-order valence-corrected chi connectivity index (χ0v) is 12.5. The highest BCUT2D eigenvalue weighted by molar-refractivity contribution is 5.46. The number of aryl methyl sites for hydroxylation is 3. The Bertz CT molecular complexity index is 590. The zero-order chi connectivity index (χ0) is 14.7. The minimum absolute atomic E-state index is 0.0756. The summed E-state index contributed by atoms with van der Waals surface area (Å²) < 4.78 is 10.9. The van der Waals surface area contributed by atoms with E-state index in [1.807, 2.05) is 19.1 Å². The minimum atomic E-state index is -0.0756. The molecule has 1 aromatic heterocycles. The highest BCUT2D eigenvalue weighted by atomic mass is 16.5. The lowest BCUT2D eigenvalue weighted by atomic mass is 9.93. The van der Waals surface area contributed by atoms with Crippen molar-refractivity contribution in [3.8, 4) is 5.75 Å². The lowest BCUT2D eigenvalue weighted by Gasteiger charge is -2.20. The van der Waals surface area contributed by atoms with Gasteiger partial charge in [-0.1, -0.05) is 13.0 Å². The van der Waals surface area contributed by atoms with Gasteiger partial charge < -0.3 is 9.15 Å². The van der Waals surface area contributed by atoms with Crippen molar-refractivity contribution in [3.05, 3.63) is 52.5 Å². The molecule has 0 spiro atoms. The number of hydrazine groups is 1. The molecular formula is C16H22N2O2. The summed E-state index contributed by atoms with van der Waals surface area (Å²) in [6.07, 6.45) is 2.55. The summed E-state index contributed by atoms with van der Waals surface area (Å²) in [4.78, 5) is 0.